The van der Waals surface area contributed by atoms with Crippen molar-refractivity contribution in [2.75, 3.05) is 31.6 Å². The van der Waals surface area contributed by atoms with Gasteiger partial charge in [-0.2, -0.15) is 0 Å². The zero-order valence-electron chi connectivity index (χ0n) is 10.3. The molecule has 0 bridgehead atoms. The quantitative estimate of drug-likeness (QED) is 0.772. The van der Waals surface area contributed by atoms with Crippen molar-refractivity contribution in [1.29, 1.82) is 0 Å². The van der Waals surface area contributed by atoms with Crippen molar-refractivity contribution in [3.8, 4) is 0 Å². The van der Waals surface area contributed by atoms with Gasteiger partial charge in [-0.05, 0) is 31.7 Å². The van der Waals surface area contributed by atoms with E-state index >= 15 is 0 Å². The van der Waals surface area contributed by atoms with Crippen molar-refractivity contribution >= 4 is 33.2 Å². The number of piperazine rings is 1. The molecule has 17 heavy (non-hydrogen) atoms. The van der Waals surface area contributed by atoms with Crippen LogP contribution in [0.4, 0.5) is 5.69 Å². The van der Waals surface area contributed by atoms with Crippen LogP contribution in [-0.2, 0) is 5.33 Å². The SMILES string of the molecule is CC1CN(c2ccc(CBr)c(Cl)c2)CCN1C. The summed E-state index contributed by atoms with van der Waals surface area (Å²) >= 11 is 9.69. The second kappa shape index (κ2) is 5.59. The van der Waals surface area contributed by atoms with E-state index in [1.165, 1.54) is 5.69 Å². The summed E-state index contributed by atoms with van der Waals surface area (Å²) in [6.45, 7) is 5.52. The van der Waals surface area contributed by atoms with E-state index in [0.717, 1.165) is 35.6 Å². The third-order valence-electron chi connectivity index (χ3n) is 3.51. The van der Waals surface area contributed by atoms with Gasteiger partial charge < -0.3 is 9.80 Å². The van der Waals surface area contributed by atoms with E-state index in [-0.39, 0.29) is 0 Å². The van der Waals surface area contributed by atoms with Crippen molar-refractivity contribution in [2.24, 2.45) is 0 Å². The molecule has 1 heterocycles. The summed E-state index contributed by atoms with van der Waals surface area (Å²) in [5.74, 6) is 0. The predicted octanol–water partition coefficient (Wildman–Crippen LogP) is 3.38. The summed E-state index contributed by atoms with van der Waals surface area (Å²) in [5.41, 5.74) is 2.39. The average molecular weight is 318 g/mol. The van der Waals surface area contributed by atoms with E-state index in [2.05, 4.69) is 57.9 Å². The van der Waals surface area contributed by atoms with Crippen LogP contribution < -0.4 is 4.90 Å². The summed E-state index contributed by atoms with van der Waals surface area (Å²) in [7, 11) is 2.18. The lowest BCUT2D eigenvalue weighted by Crippen LogP contribution is -2.50. The summed E-state index contributed by atoms with van der Waals surface area (Å²) < 4.78 is 0. The van der Waals surface area contributed by atoms with Gasteiger partial charge in [-0.15, -0.1) is 0 Å². The number of likely N-dealkylation sites (N-methyl/N-ethyl adjacent to an activating group) is 1. The van der Waals surface area contributed by atoms with Crippen molar-refractivity contribution < 1.29 is 0 Å². The van der Waals surface area contributed by atoms with E-state index in [4.69, 9.17) is 11.6 Å². The van der Waals surface area contributed by atoms with Crippen LogP contribution in [0.15, 0.2) is 18.2 Å². The molecule has 0 saturated carbocycles. The molecular formula is C13H18BrClN2. The lowest BCUT2D eigenvalue weighted by molar-refractivity contribution is 0.234. The molecule has 0 radical (unpaired) electrons. The van der Waals surface area contributed by atoms with Gasteiger partial charge in [-0.3, -0.25) is 0 Å². The van der Waals surface area contributed by atoms with Crippen molar-refractivity contribution in [3.05, 3.63) is 28.8 Å². The first-order valence-electron chi connectivity index (χ1n) is 5.91. The van der Waals surface area contributed by atoms with Crippen molar-refractivity contribution in [1.82, 2.24) is 4.90 Å². The summed E-state index contributed by atoms with van der Waals surface area (Å²) in [6.07, 6.45) is 0. The molecule has 1 aromatic rings. The number of rotatable bonds is 2. The Bertz CT molecular complexity index is 397. The minimum Gasteiger partial charge on any atom is -0.369 e. The Morgan fingerprint density at radius 3 is 2.76 bits per heavy atom. The fourth-order valence-electron chi connectivity index (χ4n) is 2.12. The third-order valence-corrected chi connectivity index (χ3v) is 4.46. The topological polar surface area (TPSA) is 6.48 Å². The molecule has 1 aliphatic rings. The van der Waals surface area contributed by atoms with Crippen LogP contribution >= 0.6 is 27.5 Å². The normalized spacial score (nSPS) is 21.9. The molecule has 0 N–H and O–H groups in total. The maximum atomic E-state index is 6.25. The third kappa shape index (κ3) is 2.95. The van der Waals surface area contributed by atoms with Crippen LogP contribution in [0.25, 0.3) is 0 Å². The molecular weight excluding hydrogens is 300 g/mol. The van der Waals surface area contributed by atoms with Gasteiger partial charge in [-0.25, -0.2) is 0 Å². The minimum atomic E-state index is 0.596. The molecule has 1 fully saturated rings. The Balaban J connectivity index is 2.15. The molecule has 4 heteroatoms. The highest BCUT2D eigenvalue weighted by Gasteiger charge is 2.21. The Morgan fingerprint density at radius 1 is 1.41 bits per heavy atom. The Morgan fingerprint density at radius 2 is 2.18 bits per heavy atom. The number of benzene rings is 1. The number of hydrogen-bond acceptors (Lipinski definition) is 2. The van der Waals surface area contributed by atoms with Crippen LogP contribution in [0.5, 0.6) is 0 Å². The summed E-state index contributed by atoms with van der Waals surface area (Å²) in [4.78, 5) is 4.81. The number of alkyl halides is 1. The van der Waals surface area contributed by atoms with Gasteiger partial charge in [0.15, 0.2) is 0 Å². The van der Waals surface area contributed by atoms with Crippen LogP contribution in [0.3, 0.4) is 0 Å². The molecule has 0 spiro atoms. The maximum absolute atomic E-state index is 6.25. The zero-order valence-corrected chi connectivity index (χ0v) is 12.6. The molecule has 2 nitrogen and oxygen atoms in total. The van der Waals surface area contributed by atoms with Gasteiger partial charge in [0.25, 0.3) is 0 Å². The fourth-order valence-corrected chi connectivity index (χ4v) is 3.02. The lowest BCUT2D eigenvalue weighted by atomic mass is 10.1. The van der Waals surface area contributed by atoms with Crippen molar-refractivity contribution in [3.63, 3.8) is 0 Å². The van der Waals surface area contributed by atoms with Gasteiger partial charge in [0.05, 0.1) is 0 Å². The Labute approximate surface area is 117 Å². The first-order valence-corrected chi connectivity index (χ1v) is 7.41. The van der Waals surface area contributed by atoms with E-state index < -0.39 is 0 Å². The molecule has 1 aliphatic heterocycles. The van der Waals surface area contributed by atoms with Gasteiger partial charge in [0.2, 0.25) is 0 Å². The fraction of sp³-hybridized carbons (Fsp3) is 0.538. The molecule has 0 aromatic heterocycles. The second-order valence-electron chi connectivity index (χ2n) is 4.68. The highest BCUT2D eigenvalue weighted by atomic mass is 79.9. The number of halogens is 2. The highest BCUT2D eigenvalue weighted by Crippen LogP contribution is 2.26. The molecule has 1 aromatic carbocycles. The van der Waals surface area contributed by atoms with Crippen LogP contribution in [0, 0.1) is 0 Å². The molecule has 2 rings (SSSR count). The molecule has 1 unspecified atom stereocenters. The first-order chi connectivity index (χ1) is 8.11. The summed E-state index contributed by atoms with van der Waals surface area (Å²) in [6, 6.07) is 6.95. The van der Waals surface area contributed by atoms with Gasteiger partial charge in [0.1, 0.15) is 0 Å². The second-order valence-corrected chi connectivity index (χ2v) is 5.65. The summed E-state index contributed by atoms with van der Waals surface area (Å²) in [5, 5.41) is 1.66. The van der Waals surface area contributed by atoms with E-state index in [1.54, 1.807) is 0 Å². The first kappa shape index (κ1) is 13.2. The Kier molecular flexibility index (Phi) is 4.34. The van der Waals surface area contributed by atoms with E-state index in [9.17, 15) is 0 Å². The van der Waals surface area contributed by atoms with E-state index in [1.807, 2.05) is 0 Å². The highest BCUT2D eigenvalue weighted by molar-refractivity contribution is 9.08. The standard InChI is InChI=1S/C13H18BrClN2/c1-10-9-17(6-5-16(10)2)12-4-3-11(8-14)13(15)7-12/h3-4,7,10H,5-6,8-9H2,1-2H3. The zero-order chi connectivity index (χ0) is 12.4. The van der Waals surface area contributed by atoms with E-state index in [0.29, 0.717) is 6.04 Å². The van der Waals surface area contributed by atoms with Gasteiger partial charge >= 0.3 is 0 Å². The molecule has 94 valence electrons. The monoisotopic (exact) mass is 316 g/mol. The van der Waals surface area contributed by atoms with Crippen LogP contribution in [0.2, 0.25) is 5.02 Å². The number of anilines is 1. The van der Waals surface area contributed by atoms with Crippen LogP contribution in [0.1, 0.15) is 12.5 Å². The molecule has 0 aliphatic carbocycles. The largest absolute Gasteiger partial charge is 0.369 e. The predicted molar refractivity (Wildman–Crippen MR) is 78.4 cm³/mol. The smallest absolute Gasteiger partial charge is 0.0467 e. The number of hydrogen-bond donors (Lipinski definition) is 0. The maximum Gasteiger partial charge on any atom is 0.0467 e. The van der Waals surface area contributed by atoms with Crippen molar-refractivity contribution in [2.45, 2.75) is 18.3 Å². The lowest BCUT2D eigenvalue weighted by Gasteiger charge is -2.39. The van der Waals surface area contributed by atoms with Crippen LogP contribution in [-0.4, -0.2) is 37.6 Å². The molecule has 1 saturated heterocycles. The average Bonchev–Trinajstić information content (AvgIpc) is 2.32. The van der Waals surface area contributed by atoms with Gasteiger partial charge in [-0.1, -0.05) is 33.6 Å². The Hall–Kier alpha value is -0.250. The molecule has 1 atom stereocenters. The minimum absolute atomic E-state index is 0.596. The number of nitrogens with zero attached hydrogens (tertiary/aromatic N) is 2. The molecule has 0 amide bonds. The van der Waals surface area contributed by atoms with Gasteiger partial charge in [0, 0.05) is 41.7 Å².